The van der Waals surface area contributed by atoms with Gasteiger partial charge in [0.05, 0.1) is 17.2 Å². The first-order valence-corrected chi connectivity index (χ1v) is 11.0. The van der Waals surface area contributed by atoms with Gasteiger partial charge in [-0.05, 0) is 54.1 Å². The van der Waals surface area contributed by atoms with E-state index >= 15 is 0 Å². The number of nitrogens with one attached hydrogen (secondary N) is 2. The molecule has 0 radical (unpaired) electrons. The Labute approximate surface area is 201 Å². The van der Waals surface area contributed by atoms with Crippen LogP contribution in [0.1, 0.15) is 26.4 Å². The topological polar surface area (TPSA) is 72.4 Å². The number of carbonyl (C=O) groups excluding carboxylic acids is 2. The first kappa shape index (κ1) is 23.5. The second-order valence-electron chi connectivity index (χ2n) is 7.70. The van der Waals surface area contributed by atoms with E-state index in [1.165, 1.54) is 12.1 Å². The van der Waals surface area contributed by atoms with Crippen molar-refractivity contribution in [3.63, 3.8) is 0 Å². The van der Waals surface area contributed by atoms with Crippen LogP contribution in [0.15, 0.2) is 72.8 Å². The first-order valence-electron chi connectivity index (χ1n) is 10.7. The van der Waals surface area contributed by atoms with Gasteiger partial charge >= 0.3 is 0 Å². The summed E-state index contributed by atoms with van der Waals surface area (Å²) in [4.78, 5) is 25.6. The molecule has 0 aliphatic carbocycles. The summed E-state index contributed by atoms with van der Waals surface area (Å²) in [5.41, 5.74) is 3.04. The lowest BCUT2D eigenvalue weighted by molar-refractivity contribution is 0.0928. The predicted molar refractivity (Wildman–Crippen MR) is 131 cm³/mol. The average molecular weight is 480 g/mol. The number of ether oxygens (including phenoxy) is 1. The van der Waals surface area contributed by atoms with Crippen molar-refractivity contribution in [2.24, 2.45) is 0 Å². The van der Waals surface area contributed by atoms with Crippen LogP contribution in [0.5, 0.6) is 0 Å². The number of carbonyl (C=O) groups is 2. The third kappa shape index (κ3) is 5.27. The largest absolute Gasteiger partial charge is 0.383 e. The minimum atomic E-state index is -0.326. The number of fused-ring (bicyclic) bond motifs is 1. The summed E-state index contributed by atoms with van der Waals surface area (Å²) < 4.78 is 20.3. The molecule has 3 aromatic carbocycles. The molecule has 0 saturated carbocycles. The van der Waals surface area contributed by atoms with Gasteiger partial charge in [-0.15, -0.1) is 0 Å². The SMILES string of the molecule is COCCNC(=O)c1cc2cc(NC(=O)c3ccccc3Cl)ccc2n1Cc1ccc(F)cc1. The summed E-state index contributed by atoms with van der Waals surface area (Å²) in [6, 6.07) is 20.1. The maximum atomic E-state index is 13.4. The molecule has 0 aliphatic rings. The Morgan fingerprint density at radius 1 is 1.00 bits per heavy atom. The van der Waals surface area contributed by atoms with E-state index in [0.29, 0.717) is 41.7 Å². The van der Waals surface area contributed by atoms with Gasteiger partial charge in [-0.2, -0.15) is 0 Å². The Hall–Kier alpha value is -3.68. The minimum absolute atomic E-state index is 0.253. The Balaban J connectivity index is 1.67. The van der Waals surface area contributed by atoms with Crippen LogP contribution in [-0.2, 0) is 11.3 Å². The van der Waals surface area contributed by atoms with Crippen molar-refractivity contribution in [1.29, 1.82) is 0 Å². The van der Waals surface area contributed by atoms with Gasteiger partial charge in [0, 0.05) is 36.8 Å². The van der Waals surface area contributed by atoms with Gasteiger partial charge in [-0.3, -0.25) is 9.59 Å². The monoisotopic (exact) mass is 479 g/mol. The van der Waals surface area contributed by atoms with Crippen LogP contribution in [0.2, 0.25) is 5.02 Å². The van der Waals surface area contributed by atoms with E-state index < -0.39 is 0 Å². The molecule has 6 nitrogen and oxygen atoms in total. The number of hydrogen-bond acceptors (Lipinski definition) is 3. The number of halogens is 2. The van der Waals surface area contributed by atoms with Crippen molar-refractivity contribution in [2.45, 2.75) is 6.54 Å². The van der Waals surface area contributed by atoms with Crippen molar-refractivity contribution in [1.82, 2.24) is 9.88 Å². The highest BCUT2D eigenvalue weighted by Crippen LogP contribution is 2.26. The fourth-order valence-corrected chi connectivity index (χ4v) is 3.90. The summed E-state index contributed by atoms with van der Waals surface area (Å²) >= 11 is 6.14. The van der Waals surface area contributed by atoms with E-state index in [9.17, 15) is 14.0 Å². The number of benzene rings is 3. The Morgan fingerprint density at radius 3 is 2.50 bits per heavy atom. The Bertz CT molecular complexity index is 1340. The second-order valence-corrected chi connectivity index (χ2v) is 8.11. The van der Waals surface area contributed by atoms with Crippen LogP contribution in [0.4, 0.5) is 10.1 Å². The van der Waals surface area contributed by atoms with Gasteiger partial charge in [0.15, 0.2) is 0 Å². The highest BCUT2D eigenvalue weighted by atomic mass is 35.5. The zero-order valence-corrected chi connectivity index (χ0v) is 19.2. The lowest BCUT2D eigenvalue weighted by Crippen LogP contribution is -2.29. The number of anilines is 1. The molecular formula is C26H23ClFN3O3. The molecule has 1 heterocycles. The van der Waals surface area contributed by atoms with Crippen LogP contribution in [0.3, 0.4) is 0 Å². The minimum Gasteiger partial charge on any atom is -0.383 e. The van der Waals surface area contributed by atoms with Crippen LogP contribution in [-0.4, -0.2) is 36.6 Å². The predicted octanol–water partition coefficient (Wildman–Crippen LogP) is 5.11. The number of aromatic nitrogens is 1. The van der Waals surface area contributed by atoms with Crippen LogP contribution in [0, 0.1) is 5.82 Å². The number of methoxy groups -OCH3 is 1. The zero-order valence-electron chi connectivity index (χ0n) is 18.5. The lowest BCUT2D eigenvalue weighted by Gasteiger charge is -2.12. The van der Waals surface area contributed by atoms with Gasteiger partial charge in [0.2, 0.25) is 0 Å². The molecule has 0 saturated heterocycles. The molecule has 2 N–H and O–H groups in total. The molecule has 174 valence electrons. The summed E-state index contributed by atoms with van der Waals surface area (Å²) in [6.07, 6.45) is 0. The van der Waals surface area contributed by atoms with Crippen molar-refractivity contribution < 1.29 is 18.7 Å². The van der Waals surface area contributed by atoms with E-state index in [0.717, 1.165) is 16.5 Å². The van der Waals surface area contributed by atoms with Crippen LogP contribution in [0.25, 0.3) is 10.9 Å². The molecule has 2 amide bonds. The van der Waals surface area contributed by atoms with Crippen molar-refractivity contribution in [2.75, 3.05) is 25.6 Å². The van der Waals surface area contributed by atoms with Gasteiger partial charge in [0.1, 0.15) is 11.5 Å². The van der Waals surface area contributed by atoms with E-state index in [1.54, 1.807) is 61.7 Å². The van der Waals surface area contributed by atoms with Gasteiger partial charge in [0.25, 0.3) is 11.8 Å². The smallest absolute Gasteiger partial charge is 0.268 e. The molecule has 8 heteroatoms. The van der Waals surface area contributed by atoms with Crippen LogP contribution < -0.4 is 10.6 Å². The molecule has 0 spiro atoms. The molecule has 0 unspecified atom stereocenters. The van der Waals surface area contributed by atoms with Gasteiger partial charge in [-0.25, -0.2) is 4.39 Å². The molecule has 0 aliphatic heterocycles. The first-order chi connectivity index (χ1) is 16.5. The maximum absolute atomic E-state index is 13.4. The molecular weight excluding hydrogens is 457 g/mol. The average Bonchev–Trinajstić information content (AvgIpc) is 3.18. The summed E-state index contributed by atoms with van der Waals surface area (Å²) in [7, 11) is 1.57. The molecule has 34 heavy (non-hydrogen) atoms. The Morgan fingerprint density at radius 2 is 1.76 bits per heavy atom. The molecule has 4 rings (SSSR count). The fraction of sp³-hybridized carbons (Fsp3) is 0.154. The maximum Gasteiger partial charge on any atom is 0.268 e. The van der Waals surface area contributed by atoms with E-state index in [4.69, 9.17) is 16.3 Å². The van der Waals surface area contributed by atoms with Crippen molar-refractivity contribution >= 4 is 40.0 Å². The van der Waals surface area contributed by atoms with Crippen molar-refractivity contribution in [3.8, 4) is 0 Å². The number of amides is 2. The third-order valence-electron chi connectivity index (χ3n) is 5.36. The molecule has 0 atom stereocenters. The highest BCUT2D eigenvalue weighted by molar-refractivity contribution is 6.34. The standard InChI is InChI=1S/C26H23ClFN3O3/c1-34-13-12-29-26(33)24-15-18-14-20(30-25(32)21-4-2-3-5-22(21)27)10-11-23(18)31(24)16-17-6-8-19(28)9-7-17/h2-11,14-15H,12-13,16H2,1H3,(H,29,33)(H,30,32). The fourth-order valence-electron chi connectivity index (χ4n) is 3.68. The zero-order chi connectivity index (χ0) is 24.1. The summed E-state index contributed by atoms with van der Waals surface area (Å²) in [5, 5.41) is 6.83. The molecule has 4 aromatic rings. The lowest BCUT2D eigenvalue weighted by atomic mass is 10.2. The van der Waals surface area contributed by atoms with Gasteiger partial charge < -0.3 is 19.9 Å². The quantitative estimate of drug-likeness (QED) is 0.345. The van der Waals surface area contributed by atoms with Crippen LogP contribution >= 0.6 is 11.6 Å². The third-order valence-corrected chi connectivity index (χ3v) is 5.69. The summed E-state index contributed by atoms with van der Waals surface area (Å²) in [5.74, 6) is -0.900. The highest BCUT2D eigenvalue weighted by Gasteiger charge is 2.17. The Kier molecular flexibility index (Phi) is 7.25. The molecule has 0 fully saturated rings. The van der Waals surface area contributed by atoms with Crippen molar-refractivity contribution in [3.05, 3.63) is 100 Å². The second kappa shape index (κ2) is 10.5. The number of rotatable bonds is 8. The normalized spacial score (nSPS) is 10.9. The van der Waals surface area contributed by atoms with E-state index in [-0.39, 0.29) is 17.6 Å². The molecule has 1 aromatic heterocycles. The van der Waals surface area contributed by atoms with E-state index in [2.05, 4.69) is 10.6 Å². The van der Waals surface area contributed by atoms with Gasteiger partial charge in [-0.1, -0.05) is 35.9 Å². The molecule has 0 bridgehead atoms. The number of hydrogen-bond donors (Lipinski definition) is 2. The number of nitrogens with zero attached hydrogens (tertiary/aromatic N) is 1. The summed E-state index contributed by atoms with van der Waals surface area (Å²) in [6.45, 7) is 1.14. The van der Waals surface area contributed by atoms with E-state index in [1.807, 2.05) is 10.6 Å².